The fourth-order valence-corrected chi connectivity index (χ4v) is 3.15. The van der Waals surface area contributed by atoms with Crippen LogP contribution in [0.1, 0.15) is 45.4 Å². The number of halogens is 2. The Morgan fingerprint density at radius 3 is 2.47 bits per heavy atom. The summed E-state index contributed by atoms with van der Waals surface area (Å²) < 4.78 is 0. The Morgan fingerprint density at radius 1 is 1.00 bits per heavy atom. The third-order valence-corrected chi connectivity index (χ3v) is 4.47. The Labute approximate surface area is 119 Å². The lowest BCUT2D eigenvalue weighted by molar-refractivity contribution is 0.627. The van der Waals surface area contributed by atoms with Gasteiger partial charge in [0.05, 0.1) is 5.02 Å². The summed E-state index contributed by atoms with van der Waals surface area (Å²) in [6.07, 6.45) is 8.00. The highest BCUT2D eigenvalue weighted by Crippen LogP contribution is 2.30. The van der Waals surface area contributed by atoms with Crippen molar-refractivity contribution in [1.82, 2.24) is 0 Å². The molecule has 0 aliphatic heterocycles. The summed E-state index contributed by atoms with van der Waals surface area (Å²) >= 11 is 13.8. The second-order valence-electron chi connectivity index (χ2n) is 4.19. The maximum absolute atomic E-state index is 6.10. The highest BCUT2D eigenvalue weighted by atomic mass is 35.5. The first-order valence-corrected chi connectivity index (χ1v) is 8.06. The number of unbranched alkanes of at least 4 members (excludes halogenated alkanes) is 5. The van der Waals surface area contributed by atoms with E-state index in [0.29, 0.717) is 0 Å². The molecule has 0 aliphatic rings. The Hall–Kier alpha value is 0.150. The van der Waals surface area contributed by atoms with Crippen molar-refractivity contribution in [3.05, 3.63) is 28.2 Å². The van der Waals surface area contributed by atoms with Crippen molar-refractivity contribution in [2.45, 2.75) is 50.3 Å². The van der Waals surface area contributed by atoms with E-state index >= 15 is 0 Å². The van der Waals surface area contributed by atoms with Gasteiger partial charge in [-0.15, -0.1) is 11.8 Å². The van der Waals surface area contributed by atoms with Crippen molar-refractivity contribution in [3.8, 4) is 0 Å². The molecule has 1 aromatic carbocycles. The molecule has 96 valence electrons. The van der Waals surface area contributed by atoms with Gasteiger partial charge in [0.15, 0.2) is 0 Å². The van der Waals surface area contributed by atoms with Gasteiger partial charge in [-0.3, -0.25) is 0 Å². The van der Waals surface area contributed by atoms with E-state index in [9.17, 15) is 0 Å². The van der Waals surface area contributed by atoms with Crippen LogP contribution in [-0.2, 0) is 0 Å². The van der Waals surface area contributed by atoms with Crippen LogP contribution in [0, 0.1) is 0 Å². The molecule has 0 N–H and O–H groups in total. The molecular formula is C14H20Cl2S. The van der Waals surface area contributed by atoms with Crippen LogP contribution in [0.2, 0.25) is 10.0 Å². The van der Waals surface area contributed by atoms with Gasteiger partial charge in [-0.2, -0.15) is 0 Å². The van der Waals surface area contributed by atoms with E-state index in [1.54, 1.807) is 0 Å². The third kappa shape index (κ3) is 6.59. The van der Waals surface area contributed by atoms with Gasteiger partial charge in [0.2, 0.25) is 0 Å². The molecule has 0 spiro atoms. The molecule has 1 aromatic rings. The predicted molar refractivity (Wildman–Crippen MR) is 80.6 cm³/mol. The lowest BCUT2D eigenvalue weighted by Crippen LogP contribution is -1.83. The first-order chi connectivity index (χ1) is 8.24. The zero-order chi connectivity index (χ0) is 12.5. The van der Waals surface area contributed by atoms with Crippen LogP contribution < -0.4 is 0 Å². The van der Waals surface area contributed by atoms with Gasteiger partial charge in [0, 0.05) is 9.92 Å². The zero-order valence-corrected chi connectivity index (χ0v) is 12.7. The summed E-state index contributed by atoms with van der Waals surface area (Å²) in [7, 11) is 0. The second kappa shape index (κ2) is 9.13. The maximum Gasteiger partial charge on any atom is 0.0542 e. The van der Waals surface area contributed by atoms with E-state index in [2.05, 4.69) is 6.92 Å². The Kier molecular flexibility index (Phi) is 8.17. The molecule has 0 heterocycles. The van der Waals surface area contributed by atoms with Gasteiger partial charge < -0.3 is 0 Å². The predicted octanol–water partition coefficient (Wildman–Crippen LogP) is 6.45. The fraction of sp³-hybridized carbons (Fsp3) is 0.571. The summed E-state index contributed by atoms with van der Waals surface area (Å²) in [5, 5.41) is 1.57. The molecule has 0 atom stereocenters. The second-order valence-corrected chi connectivity index (χ2v) is 6.17. The van der Waals surface area contributed by atoms with Crippen molar-refractivity contribution in [1.29, 1.82) is 0 Å². The van der Waals surface area contributed by atoms with Gasteiger partial charge in [-0.1, -0.05) is 62.2 Å². The lowest BCUT2D eigenvalue weighted by Gasteiger charge is -2.04. The molecule has 0 radical (unpaired) electrons. The van der Waals surface area contributed by atoms with Crippen molar-refractivity contribution in [2.24, 2.45) is 0 Å². The standard InChI is InChI=1S/C14H20Cl2S/c1-2-3-4-5-6-7-10-17-14-11-12(15)8-9-13(14)16/h8-9,11H,2-7,10H2,1H3. The number of benzene rings is 1. The van der Waals surface area contributed by atoms with Crippen molar-refractivity contribution in [3.63, 3.8) is 0 Å². The van der Waals surface area contributed by atoms with Gasteiger partial charge >= 0.3 is 0 Å². The summed E-state index contributed by atoms with van der Waals surface area (Å²) in [6, 6.07) is 5.65. The SMILES string of the molecule is CCCCCCCCSc1cc(Cl)ccc1Cl. The molecule has 0 aliphatic carbocycles. The van der Waals surface area contributed by atoms with Gasteiger partial charge in [0.1, 0.15) is 0 Å². The fourth-order valence-electron chi connectivity index (χ4n) is 1.65. The monoisotopic (exact) mass is 290 g/mol. The van der Waals surface area contributed by atoms with Crippen LogP contribution in [0.3, 0.4) is 0 Å². The molecule has 0 bridgehead atoms. The Morgan fingerprint density at radius 2 is 1.71 bits per heavy atom. The number of hydrogen-bond acceptors (Lipinski definition) is 1. The molecule has 0 saturated carbocycles. The number of rotatable bonds is 8. The minimum absolute atomic E-state index is 0.764. The minimum atomic E-state index is 0.764. The molecule has 0 fully saturated rings. The van der Waals surface area contributed by atoms with Crippen molar-refractivity contribution < 1.29 is 0 Å². The Bertz CT molecular complexity index is 326. The lowest BCUT2D eigenvalue weighted by atomic mass is 10.1. The third-order valence-electron chi connectivity index (χ3n) is 2.65. The minimum Gasteiger partial charge on any atom is -0.125 e. The molecule has 0 unspecified atom stereocenters. The van der Waals surface area contributed by atoms with Crippen LogP contribution >= 0.6 is 35.0 Å². The molecule has 0 aromatic heterocycles. The molecule has 1 rings (SSSR count). The van der Waals surface area contributed by atoms with Crippen molar-refractivity contribution >= 4 is 35.0 Å². The van der Waals surface area contributed by atoms with E-state index in [4.69, 9.17) is 23.2 Å². The molecule has 0 amide bonds. The largest absolute Gasteiger partial charge is 0.125 e. The highest BCUT2D eigenvalue weighted by molar-refractivity contribution is 7.99. The van der Waals surface area contributed by atoms with E-state index in [0.717, 1.165) is 20.7 Å². The Balaban J connectivity index is 2.15. The van der Waals surface area contributed by atoms with Crippen LogP contribution in [0.4, 0.5) is 0 Å². The smallest absolute Gasteiger partial charge is 0.0542 e. The molecule has 0 nitrogen and oxygen atoms in total. The van der Waals surface area contributed by atoms with Gasteiger partial charge in [-0.25, -0.2) is 0 Å². The summed E-state index contributed by atoms with van der Waals surface area (Å²) in [4.78, 5) is 1.10. The average Bonchev–Trinajstić information content (AvgIpc) is 2.32. The maximum atomic E-state index is 6.10. The molecular weight excluding hydrogens is 271 g/mol. The summed E-state index contributed by atoms with van der Waals surface area (Å²) in [6.45, 7) is 2.25. The number of thioether (sulfide) groups is 1. The van der Waals surface area contributed by atoms with Crippen LogP contribution in [0.15, 0.2) is 23.1 Å². The molecule has 3 heteroatoms. The summed E-state index contributed by atoms with van der Waals surface area (Å²) in [5.74, 6) is 1.13. The van der Waals surface area contributed by atoms with Gasteiger partial charge in [0.25, 0.3) is 0 Å². The summed E-state index contributed by atoms with van der Waals surface area (Å²) in [5.41, 5.74) is 0. The van der Waals surface area contributed by atoms with Crippen LogP contribution in [-0.4, -0.2) is 5.75 Å². The van der Waals surface area contributed by atoms with Crippen LogP contribution in [0.5, 0.6) is 0 Å². The van der Waals surface area contributed by atoms with Crippen molar-refractivity contribution in [2.75, 3.05) is 5.75 Å². The number of hydrogen-bond donors (Lipinski definition) is 0. The topological polar surface area (TPSA) is 0 Å². The molecule has 17 heavy (non-hydrogen) atoms. The highest BCUT2D eigenvalue weighted by Gasteiger charge is 2.01. The van der Waals surface area contributed by atoms with E-state index < -0.39 is 0 Å². The molecule has 0 saturated heterocycles. The first-order valence-electron chi connectivity index (χ1n) is 6.32. The zero-order valence-electron chi connectivity index (χ0n) is 10.3. The first kappa shape index (κ1) is 15.2. The van der Waals surface area contributed by atoms with E-state index in [1.807, 2.05) is 30.0 Å². The average molecular weight is 291 g/mol. The van der Waals surface area contributed by atoms with Gasteiger partial charge in [-0.05, 0) is 30.4 Å². The quantitative estimate of drug-likeness (QED) is 0.392. The van der Waals surface area contributed by atoms with E-state index in [-0.39, 0.29) is 0 Å². The normalized spacial score (nSPS) is 10.8. The van der Waals surface area contributed by atoms with Crippen LogP contribution in [0.25, 0.3) is 0 Å². The van der Waals surface area contributed by atoms with E-state index in [1.165, 1.54) is 38.5 Å².